The number of rotatable bonds is 27. The highest BCUT2D eigenvalue weighted by molar-refractivity contribution is 8.77. The molecule has 0 saturated carbocycles. The summed E-state index contributed by atoms with van der Waals surface area (Å²) in [6.45, 7) is 17.9. The Morgan fingerprint density at radius 3 is 0.655 bits per heavy atom. The summed E-state index contributed by atoms with van der Waals surface area (Å²) in [5.74, 6) is -8.58. The van der Waals surface area contributed by atoms with E-state index in [1.54, 1.807) is 0 Å². The summed E-state index contributed by atoms with van der Waals surface area (Å²) in [5.41, 5.74) is 1.38. The van der Waals surface area contributed by atoms with Crippen molar-refractivity contribution in [3.8, 4) is 0 Å². The van der Waals surface area contributed by atoms with Crippen LogP contribution in [0.3, 0.4) is 0 Å². The van der Waals surface area contributed by atoms with Crippen molar-refractivity contribution in [2.24, 2.45) is 0 Å². The van der Waals surface area contributed by atoms with E-state index < -0.39 is 181 Å². The number of benzene rings is 1. The van der Waals surface area contributed by atoms with Gasteiger partial charge in [0, 0.05) is 100 Å². The Morgan fingerprint density at radius 2 is 0.471 bits per heavy atom. The number of ether oxygens (including phenoxy) is 15. The van der Waals surface area contributed by atoms with E-state index in [1.807, 2.05) is 20.8 Å². The predicted octanol–water partition coefficient (Wildman–Crippen LogP) is 5.51. The molecule has 3 fully saturated rings. The van der Waals surface area contributed by atoms with Crippen molar-refractivity contribution < 1.29 is 129 Å². The standard InChI is InChI=1S/C54H72O27S6/c1-22-37(19-82-85-52-49(76-34(13)64)46(73-31(10)61)43(70-28(7)58)40(79-52)16-67-25(4)55)23(2)39(21-84-87-54-51(78-36(15)66)48(75-33(12)63)45(72-30(9)60)42(81-54)18-69-27(6)57)24(3)38(22)20-83-86-53-50(77-35(14)65)47(74-32(11)62)44(71-29(8)59)41(80-53)17-68-26(5)56/h40-54H,16-21H2,1-15H3. The van der Waals surface area contributed by atoms with Crippen LogP contribution in [0, 0.1) is 20.8 Å². The van der Waals surface area contributed by atoms with Gasteiger partial charge in [-0.05, 0) is 54.2 Å². The van der Waals surface area contributed by atoms with Crippen molar-refractivity contribution in [2.75, 3.05) is 19.8 Å². The molecule has 0 N–H and O–H groups in total. The van der Waals surface area contributed by atoms with Gasteiger partial charge in [-0.3, -0.25) is 57.5 Å². The van der Waals surface area contributed by atoms with Gasteiger partial charge in [0.05, 0.1) is 0 Å². The zero-order valence-corrected chi connectivity index (χ0v) is 55.3. The Labute approximate surface area is 526 Å². The summed E-state index contributed by atoms with van der Waals surface area (Å²) >= 11 is 0. The molecular formula is C54H72O27S6. The van der Waals surface area contributed by atoms with Crippen LogP contribution >= 0.6 is 64.8 Å². The molecule has 486 valence electrons. The molecule has 87 heavy (non-hydrogen) atoms. The predicted molar refractivity (Wildman–Crippen MR) is 313 cm³/mol. The average molecular weight is 1350 g/mol. The third-order valence-corrected chi connectivity index (χ3v) is 20.0. The van der Waals surface area contributed by atoms with Crippen LogP contribution in [0.2, 0.25) is 0 Å². The molecule has 15 atom stereocenters. The van der Waals surface area contributed by atoms with Crippen LogP contribution in [0.4, 0.5) is 0 Å². The lowest BCUT2D eigenvalue weighted by molar-refractivity contribution is -0.237. The number of hydrogen-bond donors (Lipinski definition) is 0. The normalized spacial score (nSPS) is 26.7. The van der Waals surface area contributed by atoms with Crippen molar-refractivity contribution in [2.45, 2.75) is 211 Å². The maximum absolute atomic E-state index is 12.7. The summed E-state index contributed by atoms with van der Waals surface area (Å²) in [6.07, 6.45) is -16.1. The van der Waals surface area contributed by atoms with Crippen molar-refractivity contribution in [3.63, 3.8) is 0 Å². The van der Waals surface area contributed by atoms with Crippen LogP contribution < -0.4 is 0 Å². The van der Waals surface area contributed by atoms with E-state index in [1.165, 1.54) is 32.4 Å². The van der Waals surface area contributed by atoms with E-state index in [-0.39, 0.29) is 17.3 Å². The first-order valence-corrected chi connectivity index (χ1v) is 33.8. The molecule has 27 nitrogen and oxygen atoms in total. The molecule has 0 radical (unpaired) electrons. The molecule has 33 heteroatoms. The van der Waals surface area contributed by atoms with Gasteiger partial charge in [-0.15, -0.1) is 0 Å². The van der Waals surface area contributed by atoms with E-state index in [9.17, 15) is 57.5 Å². The molecule has 0 amide bonds. The number of carbonyl (C=O) groups is 12. The Morgan fingerprint density at radius 1 is 0.287 bits per heavy atom. The lowest BCUT2D eigenvalue weighted by Crippen LogP contribution is -2.61. The van der Waals surface area contributed by atoms with E-state index in [2.05, 4.69) is 0 Å². The summed E-state index contributed by atoms with van der Waals surface area (Å²) in [6, 6.07) is 0. The second-order valence-corrected chi connectivity index (χ2v) is 27.0. The summed E-state index contributed by atoms with van der Waals surface area (Å²) in [5, 5.41) is 0. The van der Waals surface area contributed by atoms with Crippen molar-refractivity contribution >= 4 is 136 Å². The second-order valence-electron chi connectivity index (χ2n) is 19.6. The van der Waals surface area contributed by atoms with Gasteiger partial charge in [0.2, 0.25) is 0 Å². The van der Waals surface area contributed by atoms with Gasteiger partial charge < -0.3 is 71.1 Å². The van der Waals surface area contributed by atoms with E-state index in [0.717, 1.165) is 149 Å². The summed E-state index contributed by atoms with van der Waals surface area (Å²) < 4.78 is 85.7. The molecule has 0 aromatic heterocycles. The molecule has 3 saturated heterocycles. The smallest absolute Gasteiger partial charge is 0.303 e. The lowest BCUT2D eigenvalue weighted by Gasteiger charge is -2.44. The Kier molecular flexibility index (Phi) is 30.1. The minimum absolute atomic E-state index is 0.213. The van der Waals surface area contributed by atoms with E-state index in [0.29, 0.717) is 0 Å². The molecular weight excluding hydrogens is 1270 g/mol. The highest BCUT2D eigenvalue weighted by Gasteiger charge is 2.55. The number of hydrogen-bond acceptors (Lipinski definition) is 33. The Bertz CT molecular complexity index is 2390. The Balaban J connectivity index is 1.83. The van der Waals surface area contributed by atoms with Crippen LogP contribution in [-0.4, -0.2) is 181 Å². The molecule has 0 aliphatic carbocycles. The lowest BCUT2D eigenvalue weighted by atomic mass is 9.90. The fourth-order valence-corrected chi connectivity index (χ4v) is 17.4. The van der Waals surface area contributed by atoms with E-state index in [4.69, 9.17) is 71.1 Å². The molecule has 0 spiro atoms. The maximum atomic E-state index is 12.7. The zero-order chi connectivity index (χ0) is 65.1. The highest BCUT2D eigenvalue weighted by atomic mass is 33.1. The van der Waals surface area contributed by atoms with Gasteiger partial charge in [-0.25, -0.2) is 0 Å². The highest BCUT2D eigenvalue weighted by Crippen LogP contribution is 2.47. The van der Waals surface area contributed by atoms with Crippen LogP contribution in [0.1, 0.15) is 116 Å². The first-order chi connectivity index (χ1) is 40.8. The fraction of sp³-hybridized carbons (Fsp3) is 0.667. The maximum Gasteiger partial charge on any atom is 0.303 e. The van der Waals surface area contributed by atoms with Crippen molar-refractivity contribution in [3.05, 3.63) is 33.4 Å². The average Bonchev–Trinajstić information content (AvgIpc) is 3.42. The van der Waals surface area contributed by atoms with Crippen molar-refractivity contribution in [1.82, 2.24) is 0 Å². The summed E-state index contributed by atoms with van der Waals surface area (Å²) in [4.78, 5) is 149. The zero-order valence-electron chi connectivity index (χ0n) is 50.4. The molecule has 1 aromatic carbocycles. The topological polar surface area (TPSA) is 343 Å². The summed E-state index contributed by atoms with van der Waals surface area (Å²) in [7, 11) is 7.03. The molecule has 4 rings (SSSR count). The minimum Gasteiger partial charge on any atom is -0.463 e. The Hall–Kier alpha value is -5.16. The van der Waals surface area contributed by atoms with Gasteiger partial charge in [0.25, 0.3) is 0 Å². The van der Waals surface area contributed by atoms with Crippen LogP contribution in [0.15, 0.2) is 0 Å². The SMILES string of the molecule is CC(=O)OCC1OC(SSCc2c(C)c(CSSC3OC(COC(C)=O)C(OC(C)=O)C(OC(C)=O)C3OC(C)=O)c(C)c(CSSC3OC(COC(C)=O)C(OC(C)=O)C(OC(C)=O)C3OC(C)=O)c2C)C(OC(C)=O)C(OC(C)=O)C1OC(C)=O. The molecule has 3 aliphatic heterocycles. The number of esters is 12. The van der Waals surface area contributed by atoms with Gasteiger partial charge in [0.1, 0.15) is 38.1 Å². The fourth-order valence-electron chi connectivity index (χ4n) is 9.32. The van der Waals surface area contributed by atoms with Crippen LogP contribution in [-0.2, 0) is 146 Å². The first kappa shape index (κ1) is 74.3. The van der Waals surface area contributed by atoms with Crippen LogP contribution in [0.5, 0.6) is 0 Å². The van der Waals surface area contributed by atoms with Gasteiger partial charge in [-0.2, -0.15) is 0 Å². The molecule has 3 aliphatic rings. The molecule has 1 aromatic rings. The molecule has 0 bridgehead atoms. The quantitative estimate of drug-likeness (QED) is 0.0595. The molecule has 3 heterocycles. The minimum atomic E-state index is -1.42. The largest absolute Gasteiger partial charge is 0.463 e. The monoisotopic (exact) mass is 1340 g/mol. The van der Waals surface area contributed by atoms with Crippen molar-refractivity contribution in [1.29, 1.82) is 0 Å². The third-order valence-electron chi connectivity index (χ3n) is 12.7. The first-order valence-electron chi connectivity index (χ1n) is 26.7. The second kappa shape index (κ2) is 35.3. The number of carbonyl (C=O) groups excluding carboxylic acids is 12. The van der Waals surface area contributed by atoms with Gasteiger partial charge in [-0.1, -0.05) is 64.8 Å². The van der Waals surface area contributed by atoms with Crippen LogP contribution in [0.25, 0.3) is 0 Å². The third kappa shape index (κ3) is 23.0. The van der Waals surface area contributed by atoms with Gasteiger partial charge >= 0.3 is 71.6 Å². The van der Waals surface area contributed by atoms with Gasteiger partial charge in [0.15, 0.2) is 71.2 Å². The molecule has 15 unspecified atom stereocenters. The van der Waals surface area contributed by atoms with E-state index >= 15 is 0 Å².